The molecular weight excluding hydrogens is 835 g/mol. The van der Waals surface area contributed by atoms with E-state index in [9.17, 15) is 35.8 Å². The van der Waals surface area contributed by atoms with E-state index in [0.29, 0.717) is 37.2 Å². The summed E-state index contributed by atoms with van der Waals surface area (Å²) in [5.74, 6) is -0.452. The summed E-state index contributed by atoms with van der Waals surface area (Å²) >= 11 is 0. The van der Waals surface area contributed by atoms with Crippen molar-refractivity contribution in [2.75, 3.05) is 23.7 Å². The summed E-state index contributed by atoms with van der Waals surface area (Å²) in [7, 11) is -9.11. The van der Waals surface area contributed by atoms with Gasteiger partial charge in [0.05, 0.1) is 20.4 Å². The van der Waals surface area contributed by atoms with Crippen molar-refractivity contribution in [3.8, 4) is 5.75 Å². The molecule has 3 aromatic carbocycles. The van der Waals surface area contributed by atoms with E-state index in [1.54, 1.807) is 0 Å². The molecule has 0 amide bonds. The predicted molar refractivity (Wildman–Crippen MR) is 227 cm³/mol. The summed E-state index contributed by atoms with van der Waals surface area (Å²) < 4.78 is 79.2. The number of para-hydroxylation sites is 2. The van der Waals surface area contributed by atoms with Gasteiger partial charge in [-0.3, -0.25) is 4.79 Å². The summed E-state index contributed by atoms with van der Waals surface area (Å²) in [5.41, 5.74) is 7.23. The minimum absolute atomic E-state index is 0. The van der Waals surface area contributed by atoms with Gasteiger partial charge in [-0.1, -0.05) is 55.8 Å². The molecule has 1 unspecified atom stereocenters. The van der Waals surface area contributed by atoms with Crippen LogP contribution in [0.4, 0.5) is 11.4 Å². The van der Waals surface area contributed by atoms with E-state index in [4.69, 9.17) is 4.74 Å². The normalized spacial score (nSPS) is 19.9. The van der Waals surface area contributed by atoms with Crippen LogP contribution in [-0.2, 0) is 35.9 Å². The van der Waals surface area contributed by atoms with E-state index in [1.807, 2.05) is 41.3 Å². The number of aliphatic carboxylic acids is 1. The maximum Gasteiger partial charge on any atom is 1.00 e. The van der Waals surface area contributed by atoms with E-state index in [1.165, 1.54) is 41.2 Å². The van der Waals surface area contributed by atoms with Crippen LogP contribution in [0.1, 0.15) is 96.6 Å². The van der Waals surface area contributed by atoms with Gasteiger partial charge in [0.2, 0.25) is 5.69 Å². The molecule has 2 aliphatic heterocycles. The van der Waals surface area contributed by atoms with Crippen molar-refractivity contribution in [1.29, 1.82) is 0 Å². The number of benzene rings is 3. The number of carbonyl (C=O) groups is 1. The minimum Gasteiger partial charge on any atom is -0.748 e. The molecule has 2 heterocycles. The van der Waals surface area contributed by atoms with Crippen molar-refractivity contribution in [1.82, 2.24) is 0 Å². The molecule has 15 heteroatoms. The number of allylic oxidation sites excluding steroid dienone is 7. The molecule has 61 heavy (non-hydrogen) atoms. The molecule has 0 spiro atoms. The van der Waals surface area contributed by atoms with Gasteiger partial charge in [-0.25, -0.2) is 16.8 Å². The maximum atomic E-state index is 11.7. The Hall–Kier alpha value is -2.82. The zero-order valence-electron chi connectivity index (χ0n) is 36.1. The summed E-state index contributed by atoms with van der Waals surface area (Å²) in [5, 5.41) is 9.53. The zero-order valence-corrected chi connectivity index (χ0v) is 41.8. The average molecular weight is 888 g/mol. The molecular formula is C46H53N2Na2O9S2+. The molecule has 6 rings (SSSR count). The molecule has 1 N–H and O–H groups in total. The number of hydrogen-bond donors (Lipinski definition) is 1. The third-order valence-electron chi connectivity index (χ3n) is 11.7. The number of ether oxygens (including phenoxy) is 1. The largest absolute Gasteiger partial charge is 1.00 e. The van der Waals surface area contributed by atoms with Crippen molar-refractivity contribution in [2.45, 2.75) is 101 Å². The number of carboxylic acids is 1. The minimum atomic E-state index is -4.67. The Morgan fingerprint density at radius 2 is 1.54 bits per heavy atom. The molecule has 11 nitrogen and oxygen atoms in total. The smallest absolute Gasteiger partial charge is 0.748 e. The molecule has 0 bridgehead atoms. The number of rotatable bonds is 17. The second kappa shape index (κ2) is 21.2. The third-order valence-corrected chi connectivity index (χ3v) is 13.4. The average Bonchev–Trinajstić information content (AvgIpc) is 3.54. The van der Waals surface area contributed by atoms with Gasteiger partial charge in [-0.15, -0.1) is 0 Å². The van der Waals surface area contributed by atoms with Crippen molar-refractivity contribution in [3.63, 3.8) is 0 Å². The Morgan fingerprint density at radius 3 is 2.20 bits per heavy atom. The van der Waals surface area contributed by atoms with Crippen LogP contribution in [0.15, 0.2) is 125 Å². The first-order valence-corrected chi connectivity index (χ1v) is 23.3. The fraction of sp³-hybridized carbons (Fsp3) is 0.391. The van der Waals surface area contributed by atoms with Gasteiger partial charge in [0.25, 0.3) is 0 Å². The van der Waals surface area contributed by atoms with Crippen LogP contribution < -0.4 is 68.8 Å². The summed E-state index contributed by atoms with van der Waals surface area (Å²) in [6, 6.07) is 21.7. The predicted octanol–water partition coefficient (Wildman–Crippen LogP) is 2.63. The molecule has 0 saturated carbocycles. The third kappa shape index (κ3) is 11.9. The summed E-state index contributed by atoms with van der Waals surface area (Å²) in [6.45, 7) is 9.85. The second-order valence-electron chi connectivity index (χ2n) is 16.2. The topological polar surface area (TPSA) is 167 Å². The van der Waals surface area contributed by atoms with Gasteiger partial charge in [-0.05, 0) is 118 Å². The molecule has 0 fully saturated rings. The molecule has 1 atom stereocenters. The quantitative estimate of drug-likeness (QED) is 0.121. The van der Waals surface area contributed by atoms with Crippen LogP contribution in [-0.4, -0.2) is 66.1 Å². The van der Waals surface area contributed by atoms with Gasteiger partial charge < -0.3 is 23.8 Å². The van der Waals surface area contributed by atoms with E-state index < -0.39 is 37.4 Å². The standard InChI is InChI=1S/C46H54N2O9S2.2Na/c1-5-6-30-47-39-18-9-7-16-37(39)45(2,3)41(47)27-21-33-14-11-15-34(44(33)57-35-23-25-36(26-24-35)59(54,55)56)22-28-42-46(4,29-12-20-43(49)50)38-17-8-10-19-40(38)48(42)31-13-32-58(51,52)53;;/h7-10,16-19,21-28H,5-6,11-15,20,29-32H2,1-4H3,(H2-,49,50,51,52,53,54,55,56);;/q;2*+1/p-1. The number of anilines is 1. The SMILES string of the molecule is CCCC[N+]1=C(/C=C/C2=C(Oc3ccc(S(=O)(=O)[O-])cc3)C(=C/C=C3/N(CCCS(=O)(=O)[O-])c4ccccc4C3(C)CCCC(=O)O)/CCC2)C(C)(C)c2ccccc21.[Na+].[Na+]. The molecule has 1 aliphatic carbocycles. The summed E-state index contributed by atoms with van der Waals surface area (Å²) in [6.07, 6.45) is 13.6. The Kier molecular flexibility index (Phi) is 17.7. The van der Waals surface area contributed by atoms with E-state index in [-0.39, 0.29) is 88.8 Å². The Bertz CT molecular complexity index is 2470. The maximum absolute atomic E-state index is 11.7. The fourth-order valence-corrected chi connectivity index (χ4v) is 9.66. The Labute approximate surface area is 405 Å². The van der Waals surface area contributed by atoms with Gasteiger partial charge in [0.1, 0.15) is 28.2 Å². The first kappa shape index (κ1) is 50.8. The molecule has 0 aromatic heterocycles. The van der Waals surface area contributed by atoms with Crippen molar-refractivity contribution in [2.24, 2.45) is 0 Å². The van der Waals surface area contributed by atoms with Gasteiger partial charge in [-0.2, -0.15) is 4.58 Å². The molecule has 3 aliphatic rings. The van der Waals surface area contributed by atoms with Crippen molar-refractivity contribution < 1.29 is 104 Å². The number of hydrogen-bond acceptors (Lipinski definition) is 9. The number of carboxylic acid groups (broad SMARTS) is 1. The van der Waals surface area contributed by atoms with Crippen LogP contribution in [0.25, 0.3) is 0 Å². The molecule has 0 radical (unpaired) electrons. The van der Waals surface area contributed by atoms with Crippen molar-refractivity contribution >= 4 is 43.3 Å². The Morgan fingerprint density at radius 1 is 0.869 bits per heavy atom. The molecule has 3 aromatic rings. The fourth-order valence-electron chi connectivity index (χ4n) is 8.71. The van der Waals surface area contributed by atoms with E-state index >= 15 is 0 Å². The van der Waals surface area contributed by atoms with Crippen LogP contribution in [0.3, 0.4) is 0 Å². The number of fused-ring (bicyclic) bond motifs is 2. The van der Waals surface area contributed by atoms with Gasteiger partial charge in [0.15, 0.2) is 5.71 Å². The molecule has 314 valence electrons. The first-order valence-electron chi connectivity index (χ1n) is 20.3. The monoisotopic (exact) mass is 887 g/mol. The summed E-state index contributed by atoms with van der Waals surface area (Å²) in [4.78, 5) is 13.3. The zero-order chi connectivity index (χ0) is 42.6. The first-order chi connectivity index (χ1) is 27.9. The van der Waals surface area contributed by atoms with Crippen LogP contribution in [0.5, 0.6) is 5.75 Å². The van der Waals surface area contributed by atoms with E-state index in [0.717, 1.165) is 53.9 Å². The number of nitrogens with zero attached hydrogens (tertiary/aromatic N) is 2. The van der Waals surface area contributed by atoms with E-state index in [2.05, 4.69) is 68.7 Å². The molecule has 0 saturated heterocycles. The van der Waals surface area contributed by atoms with Gasteiger partial charge in [0, 0.05) is 59.6 Å². The van der Waals surface area contributed by atoms with Crippen molar-refractivity contribution in [3.05, 3.63) is 131 Å². The Balaban J connectivity index is 0.00000410. The van der Waals surface area contributed by atoms with Crippen LogP contribution in [0.2, 0.25) is 0 Å². The second-order valence-corrected chi connectivity index (χ2v) is 19.1. The van der Waals surface area contributed by atoms with Crippen LogP contribution in [0, 0.1) is 0 Å². The van der Waals surface area contributed by atoms with Crippen LogP contribution >= 0.6 is 0 Å². The number of unbranched alkanes of at least 4 members (excludes halogenated alkanes) is 1. The van der Waals surface area contributed by atoms with Gasteiger partial charge >= 0.3 is 65.1 Å².